The summed E-state index contributed by atoms with van der Waals surface area (Å²) in [7, 11) is 0. The first-order valence-corrected chi connectivity index (χ1v) is 7.02. The SMILES string of the molecule is CCCC1CCc2nc(-c3ncn[nH]3)sc2C1. The van der Waals surface area contributed by atoms with Crippen LogP contribution in [-0.4, -0.2) is 20.2 Å². The molecule has 0 saturated heterocycles. The minimum atomic E-state index is 0.802. The monoisotopic (exact) mass is 248 g/mol. The van der Waals surface area contributed by atoms with Gasteiger partial charge < -0.3 is 0 Å². The molecule has 0 fully saturated rings. The summed E-state index contributed by atoms with van der Waals surface area (Å²) in [6.07, 6.45) is 7.79. The van der Waals surface area contributed by atoms with E-state index >= 15 is 0 Å². The smallest absolute Gasteiger partial charge is 0.184 e. The van der Waals surface area contributed by atoms with Crippen molar-refractivity contribution in [2.45, 2.75) is 39.0 Å². The number of rotatable bonds is 3. The van der Waals surface area contributed by atoms with Crippen molar-refractivity contribution in [2.24, 2.45) is 5.92 Å². The second-order valence-electron chi connectivity index (χ2n) is 4.62. The Kier molecular flexibility index (Phi) is 2.93. The van der Waals surface area contributed by atoms with Crippen LogP contribution >= 0.6 is 11.3 Å². The number of aromatic nitrogens is 4. The van der Waals surface area contributed by atoms with Gasteiger partial charge in [-0.15, -0.1) is 11.3 Å². The van der Waals surface area contributed by atoms with E-state index in [1.165, 1.54) is 42.6 Å². The van der Waals surface area contributed by atoms with Gasteiger partial charge in [-0.1, -0.05) is 19.8 Å². The number of aryl methyl sites for hydroxylation is 1. The quantitative estimate of drug-likeness (QED) is 0.908. The largest absolute Gasteiger partial charge is 0.257 e. The summed E-state index contributed by atoms with van der Waals surface area (Å²) in [5, 5.41) is 7.76. The van der Waals surface area contributed by atoms with Crippen LogP contribution in [0, 0.1) is 5.92 Å². The summed E-state index contributed by atoms with van der Waals surface area (Å²) in [6.45, 7) is 2.27. The molecule has 1 aliphatic carbocycles. The predicted molar refractivity (Wildman–Crippen MR) is 67.9 cm³/mol. The van der Waals surface area contributed by atoms with E-state index in [0.717, 1.165) is 23.2 Å². The van der Waals surface area contributed by atoms with Crippen LogP contribution in [0.5, 0.6) is 0 Å². The zero-order chi connectivity index (χ0) is 11.7. The Morgan fingerprint density at radius 3 is 3.24 bits per heavy atom. The Morgan fingerprint density at radius 2 is 2.47 bits per heavy atom. The van der Waals surface area contributed by atoms with Gasteiger partial charge in [-0.2, -0.15) is 5.10 Å². The van der Waals surface area contributed by atoms with E-state index in [-0.39, 0.29) is 0 Å². The summed E-state index contributed by atoms with van der Waals surface area (Å²) < 4.78 is 0. The van der Waals surface area contributed by atoms with Gasteiger partial charge in [-0.05, 0) is 25.2 Å². The van der Waals surface area contributed by atoms with Crippen LogP contribution in [-0.2, 0) is 12.8 Å². The second kappa shape index (κ2) is 4.56. The number of thiazole rings is 1. The summed E-state index contributed by atoms with van der Waals surface area (Å²) in [5.41, 5.74) is 1.29. The lowest BCUT2D eigenvalue weighted by molar-refractivity contribution is 0.424. The fraction of sp³-hybridized carbons (Fsp3) is 0.583. The molecule has 90 valence electrons. The highest BCUT2D eigenvalue weighted by atomic mass is 32.1. The maximum atomic E-state index is 4.67. The van der Waals surface area contributed by atoms with Crippen molar-refractivity contribution in [3.05, 3.63) is 16.9 Å². The number of hydrogen-bond acceptors (Lipinski definition) is 4. The maximum absolute atomic E-state index is 4.67. The van der Waals surface area contributed by atoms with Crippen molar-refractivity contribution in [2.75, 3.05) is 0 Å². The number of fused-ring (bicyclic) bond motifs is 1. The minimum Gasteiger partial charge on any atom is -0.257 e. The lowest BCUT2D eigenvalue weighted by Crippen LogP contribution is -2.12. The molecule has 17 heavy (non-hydrogen) atoms. The predicted octanol–water partition coefficient (Wildman–Crippen LogP) is 2.83. The Hall–Kier alpha value is -1.23. The number of hydrogen-bond donors (Lipinski definition) is 1. The molecule has 1 N–H and O–H groups in total. The molecule has 0 spiro atoms. The highest BCUT2D eigenvalue weighted by Crippen LogP contribution is 2.34. The van der Waals surface area contributed by atoms with E-state index in [9.17, 15) is 0 Å². The fourth-order valence-electron chi connectivity index (χ4n) is 2.51. The van der Waals surface area contributed by atoms with Gasteiger partial charge in [0.05, 0.1) is 5.69 Å². The molecule has 2 heterocycles. The molecular weight excluding hydrogens is 232 g/mol. The summed E-state index contributed by atoms with van der Waals surface area (Å²) >= 11 is 1.78. The molecule has 0 radical (unpaired) electrons. The van der Waals surface area contributed by atoms with Gasteiger partial charge in [0.25, 0.3) is 0 Å². The molecule has 3 rings (SSSR count). The molecule has 0 bridgehead atoms. The van der Waals surface area contributed by atoms with Crippen molar-refractivity contribution in [1.29, 1.82) is 0 Å². The van der Waals surface area contributed by atoms with Crippen molar-refractivity contribution < 1.29 is 0 Å². The Bertz CT molecular complexity index is 489. The lowest BCUT2D eigenvalue weighted by atomic mass is 9.88. The molecule has 0 saturated carbocycles. The van der Waals surface area contributed by atoms with Gasteiger partial charge in [0, 0.05) is 4.88 Å². The van der Waals surface area contributed by atoms with Crippen LogP contribution in [0.4, 0.5) is 0 Å². The standard InChI is InChI=1S/C12H16N4S/c1-2-3-8-4-5-9-10(6-8)17-12(15-9)11-13-7-14-16-11/h7-8H,2-6H2,1H3,(H,13,14,16). The molecule has 4 nitrogen and oxygen atoms in total. The molecule has 1 atom stereocenters. The van der Waals surface area contributed by atoms with Crippen LogP contribution in [0.2, 0.25) is 0 Å². The number of nitrogens with one attached hydrogen (secondary N) is 1. The first-order chi connectivity index (χ1) is 8.36. The highest BCUT2D eigenvalue weighted by molar-refractivity contribution is 7.15. The first-order valence-electron chi connectivity index (χ1n) is 6.21. The van der Waals surface area contributed by atoms with Crippen molar-refractivity contribution >= 4 is 11.3 Å². The van der Waals surface area contributed by atoms with Crippen LogP contribution < -0.4 is 0 Å². The van der Waals surface area contributed by atoms with Gasteiger partial charge in [0.2, 0.25) is 0 Å². The van der Waals surface area contributed by atoms with Crippen LogP contribution in [0.15, 0.2) is 6.33 Å². The molecule has 0 aromatic carbocycles. The fourth-order valence-corrected chi connectivity index (χ4v) is 3.68. The summed E-state index contributed by atoms with van der Waals surface area (Å²) in [6, 6.07) is 0. The minimum absolute atomic E-state index is 0.802. The molecular formula is C12H16N4S. The molecule has 1 aliphatic rings. The van der Waals surface area contributed by atoms with Crippen molar-refractivity contribution in [1.82, 2.24) is 20.2 Å². The van der Waals surface area contributed by atoms with Crippen LogP contribution in [0.1, 0.15) is 36.8 Å². The van der Waals surface area contributed by atoms with E-state index in [1.807, 2.05) is 0 Å². The molecule has 2 aromatic rings. The Labute approximate surface area is 105 Å². The Balaban J connectivity index is 1.84. The average Bonchev–Trinajstić information content (AvgIpc) is 2.97. The third-order valence-electron chi connectivity index (χ3n) is 3.36. The van der Waals surface area contributed by atoms with Gasteiger partial charge in [0.15, 0.2) is 10.8 Å². The topological polar surface area (TPSA) is 54.5 Å². The average molecular weight is 248 g/mol. The number of nitrogens with zero attached hydrogens (tertiary/aromatic N) is 3. The molecule has 5 heteroatoms. The molecule has 1 unspecified atom stereocenters. The van der Waals surface area contributed by atoms with Crippen molar-refractivity contribution in [3.8, 4) is 10.8 Å². The van der Waals surface area contributed by atoms with E-state index in [4.69, 9.17) is 0 Å². The maximum Gasteiger partial charge on any atom is 0.184 e. The molecule has 0 amide bonds. The molecule has 2 aromatic heterocycles. The third-order valence-corrected chi connectivity index (χ3v) is 4.48. The zero-order valence-electron chi connectivity index (χ0n) is 9.94. The van der Waals surface area contributed by atoms with E-state index in [0.29, 0.717) is 0 Å². The van der Waals surface area contributed by atoms with Crippen LogP contribution in [0.25, 0.3) is 10.8 Å². The van der Waals surface area contributed by atoms with Gasteiger partial charge in [-0.3, -0.25) is 5.10 Å². The first kappa shape index (κ1) is 10.9. The van der Waals surface area contributed by atoms with Gasteiger partial charge >= 0.3 is 0 Å². The van der Waals surface area contributed by atoms with E-state index in [1.54, 1.807) is 11.3 Å². The van der Waals surface area contributed by atoms with E-state index in [2.05, 4.69) is 27.1 Å². The second-order valence-corrected chi connectivity index (χ2v) is 5.70. The number of H-pyrrole nitrogens is 1. The van der Waals surface area contributed by atoms with E-state index < -0.39 is 0 Å². The lowest BCUT2D eigenvalue weighted by Gasteiger charge is -2.20. The van der Waals surface area contributed by atoms with Gasteiger partial charge in [-0.25, -0.2) is 9.97 Å². The summed E-state index contributed by atoms with van der Waals surface area (Å²) in [4.78, 5) is 10.3. The molecule has 0 aliphatic heterocycles. The normalized spacial score (nSPS) is 19.2. The van der Waals surface area contributed by atoms with Gasteiger partial charge in [0.1, 0.15) is 6.33 Å². The zero-order valence-corrected chi connectivity index (χ0v) is 10.8. The van der Waals surface area contributed by atoms with Crippen molar-refractivity contribution in [3.63, 3.8) is 0 Å². The van der Waals surface area contributed by atoms with Crippen LogP contribution in [0.3, 0.4) is 0 Å². The Morgan fingerprint density at radius 1 is 1.53 bits per heavy atom. The summed E-state index contributed by atoms with van der Waals surface area (Å²) in [5.74, 6) is 1.66. The number of aromatic amines is 1. The third kappa shape index (κ3) is 2.11. The highest BCUT2D eigenvalue weighted by Gasteiger charge is 2.22.